The van der Waals surface area contributed by atoms with Crippen molar-refractivity contribution in [3.05, 3.63) is 70.2 Å². The Morgan fingerprint density at radius 3 is 2.41 bits per heavy atom. The van der Waals surface area contributed by atoms with E-state index in [9.17, 15) is 18.4 Å². The summed E-state index contributed by atoms with van der Waals surface area (Å²) in [6.45, 7) is 0.377. The van der Waals surface area contributed by atoms with Crippen LogP contribution in [0.25, 0.3) is 11.6 Å². The van der Waals surface area contributed by atoms with Crippen molar-refractivity contribution in [2.24, 2.45) is 0 Å². The Balaban J connectivity index is 2.08. The average Bonchev–Trinajstić information content (AvgIpc) is 2.71. The molecule has 2 rings (SSSR count). The van der Waals surface area contributed by atoms with Crippen LogP contribution < -0.4 is 10.8 Å². The van der Waals surface area contributed by atoms with E-state index in [0.717, 1.165) is 0 Å². The summed E-state index contributed by atoms with van der Waals surface area (Å²) < 4.78 is 26.6. The number of hydrogen-bond acceptors (Lipinski definition) is 3. The molecule has 0 saturated carbocycles. The number of hydrogen-bond donors (Lipinski definition) is 3. The molecule has 3 N–H and O–H groups in total. The predicted molar refractivity (Wildman–Crippen MR) is 107 cm³/mol. The molecular formula is C21H21ClF2N2O3. The van der Waals surface area contributed by atoms with E-state index in [1.807, 2.05) is 0 Å². The van der Waals surface area contributed by atoms with E-state index in [1.54, 1.807) is 11.6 Å². The zero-order chi connectivity index (χ0) is 21.2. The summed E-state index contributed by atoms with van der Waals surface area (Å²) in [6, 6.07) is 9.57. The molecule has 2 aromatic rings. The highest BCUT2D eigenvalue weighted by molar-refractivity contribution is 6.31. The van der Waals surface area contributed by atoms with Gasteiger partial charge in [-0.2, -0.15) is 0 Å². The molecule has 2 aromatic carbocycles. The highest BCUT2D eigenvalue weighted by Crippen LogP contribution is 2.22. The average molecular weight is 423 g/mol. The first kappa shape index (κ1) is 22.5. The van der Waals surface area contributed by atoms with Crippen LogP contribution in [0.4, 0.5) is 8.78 Å². The summed E-state index contributed by atoms with van der Waals surface area (Å²) in [4.78, 5) is 23.6. The van der Waals surface area contributed by atoms with Crippen molar-refractivity contribution >= 4 is 35.1 Å². The van der Waals surface area contributed by atoms with E-state index in [-0.39, 0.29) is 22.9 Å². The maximum Gasteiger partial charge on any atom is 0.251 e. The lowest BCUT2D eigenvalue weighted by molar-refractivity contribution is -0.129. The molecule has 0 spiro atoms. The number of unbranched alkanes of at least 4 members (excludes halogenated alkanes) is 2. The van der Waals surface area contributed by atoms with Crippen LogP contribution in [0.1, 0.15) is 36.8 Å². The molecule has 2 amide bonds. The first-order valence-electron chi connectivity index (χ1n) is 9.04. The molecule has 154 valence electrons. The number of benzene rings is 2. The Bertz CT molecular complexity index is 886. The molecule has 0 aliphatic rings. The van der Waals surface area contributed by atoms with Crippen molar-refractivity contribution < 1.29 is 23.6 Å². The molecule has 0 bridgehead atoms. The van der Waals surface area contributed by atoms with Gasteiger partial charge in [-0.25, -0.2) is 14.3 Å². The van der Waals surface area contributed by atoms with E-state index in [4.69, 9.17) is 16.8 Å². The molecule has 0 aliphatic carbocycles. The van der Waals surface area contributed by atoms with E-state index in [0.29, 0.717) is 36.9 Å². The normalized spacial score (nSPS) is 11.2. The molecule has 0 atom stereocenters. The first-order valence-corrected chi connectivity index (χ1v) is 9.42. The van der Waals surface area contributed by atoms with Gasteiger partial charge in [-0.05, 0) is 54.3 Å². The standard InChI is InChI=1S/C21H21ClF2N2O3/c22-18-13-14(5-10-19(18)24)12-17(15-6-8-16(23)9-7-15)21(28)25-11-3-1-2-4-20(27)26-29/h5-10,12-13,29H,1-4,11H2,(H,25,28)(H,26,27)/b17-12-. The Morgan fingerprint density at radius 2 is 1.76 bits per heavy atom. The van der Waals surface area contributed by atoms with Crippen LogP contribution in [0, 0.1) is 11.6 Å². The smallest absolute Gasteiger partial charge is 0.251 e. The van der Waals surface area contributed by atoms with E-state index in [1.165, 1.54) is 42.5 Å². The molecule has 0 aliphatic heterocycles. The van der Waals surface area contributed by atoms with Gasteiger partial charge in [0.15, 0.2) is 0 Å². The van der Waals surface area contributed by atoms with E-state index < -0.39 is 17.5 Å². The second-order valence-electron chi connectivity index (χ2n) is 6.34. The van der Waals surface area contributed by atoms with Crippen molar-refractivity contribution in [2.45, 2.75) is 25.7 Å². The van der Waals surface area contributed by atoms with Gasteiger partial charge in [-0.15, -0.1) is 0 Å². The third-order valence-corrected chi connectivity index (χ3v) is 4.44. The van der Waals surface area contributed by atoms with Gasteiger partial charge >= 0.3 is 0 Å². The second kappa shape index (κ2) is 11.3. The SMILES string of the molecule is O=C(CCCCCNC(=O)/C(=C\c1ccc(F)c(Cl)c1)c1ccc(F)cc1)NO. The van der Waals surface area contributed by atoms with Crippen LogP contribution >= 0.6 is 11.6 Å². The minimum atomic E-state index is -0.563. The quantitative estimate of drug-likeness (QED) is 0.185. The minimum Gasteiger partial charge on any atom is -0.352 e. The lowest BCUT2D eigenvalue weighted by Gasteiger charge is -2.10. The van der Waals surface area contributed by atoms with Crippen LogP contribution in [0.15, 0.2) is 42.5 Å². The lowest BCUT2D eigenvalue weighted by Crippen LogP contribution is -2.25. The van der Waals surface area contributed by atoms with Gasteiger partial charge < -0.3 is 5.32 Å². The maximum absolute atomic E-state index is 13.4. The van der Waals surface area contributed by atoms with Gasteiger partial charge in [0.2, 0.25) is 5.91 Å². The molecule has 5 nitrogen and oxygen atoms in total. The van der Waals surface area contributed by atoms with Crippen molar-refractivity contribution in [1.82, 2.24) is 10.8 Å². The number of carbonyl (C=O) groups excluding carboxylic acids is 2. The molecule has 8 heteroatoms. The van der Waals surface area contributed by atoms with Crippen molar-refractivity contribution in [3.8, 4) is 0 Å². The molecule has 0 fully saturated rings. The van der Waals surface area contributed by atoms with Gasteiger partial charge in [0.25, 0.3) is 5.91 Å². The first-order chi connectivity index (χ1) is 13.9. The van der Waals surface area contributed by atoms with Crippen molar-refractivity contribution in [1.29, 1.82) is 0 Å². The number of halogens is 3. The molecule has 29 heavy (non-hydrogen) atoms. The Labute approximate surface area is 172 Å². The molecule has 0 saturated heterocycles. The summed E-state index contributed by atoms with van der Waals surface area (Å²) in [5.41, 5.74) is 2.88. The van der Waals surface area contributed by atoms with Crippen molar-refractivity contribution in [2.75, 3.05) is 6.54 Å². The Hall–Kier alpha value is -2.77. The summed E-state index contributed by atoms with van der Waals surface area (Å²) in [5.74, 6) is -1.81. The fourth-order valence-corrected chi connectivity index (χ4v) is 2.81. The fourth-order valence-electron chi connectivity index (χ4n) is 2.62. The molecular weight excluding hydrogens is 402 g/mol. The highest BCUT2D eigenvalue weighted by Gasteiger charge is 2.13. The Kier molecular flexibility index (Phi) is 8.76. The second-order valence-corrected chi connectivity index (χ2v) is 6.75. The van der Waals surface area contributed by atoms with Gasteiger partial charge in [-0.1, -0.05) is 36.2 Å². The fraction of sp³-hybridized carbons (Fsp3) is 0.238. The summed E-state index contributed by atoms with van der Waals surface area (Å²) in [6.07, 6.45) is 3.67. The van der Waals surface area contributed by atoms with Crippen molar-refractivity contribution in [3.63, 3.8) is 0 Å². The predicted octanol–water partition coefficient (Wildman–Crippen LogP) is 4.34. The lowest BCUT2D eigenvalue weighted by atomic mass is 10.0. The third kappa shape index (κ3) is 7.29. The molecule has 0 radical (unpaired) electrons. The maximum atomic E-state index is 13.4. The van der Waals surface area contributed by atoms with Crippen LogP contribution in [-0.2, 0) is 9.59 Å². The van der Waals surface area contributed by atoms with Gasteiger partial charge in [0, 0.05) is 18.5 Å². The largest absolute Gasteiger partial charge is 0.352 e. The number of hydroxylamine groups is 1. The highest BCUT2D eigenvalue weighted by atomic mass is 35.5. The topological polar surface area (TPSA) is 78.4 Å². The number of amides is 2. The number of carbonyl (C=O) groups is 2. The third-order valence-electron chi connectivity index (χ3n) is 4.15. The zero-order valence-electron chi connectivity index (χ0n) is 15.6. The van der Waals surface area contributed by atoms with Crippen LogP contribution in [0.3, 0.4) is 0 Å². The summed E-state index contributed by atoms with van der Waals surface area (Å²) >= 11 is 5.81. The van der Waals surface area contributed by atoms with Crippen LogP contribution in [0.5, 0.6) is 0 Å². The summed E-state index contributed by atoms with van der Waals surface area (Å²) in [5, 5.41) is 11.2. The monoisotopic (exact) mass is 422 g/mol. The molecule has 0 unspecified atom stereocenters. The zero-order valence-corrected chi connectivity index (χ0v) is 16.3. The van der Waals surface area contributed by atoms with Gasteiger partial charge in [-0.3, -0.25) is 14.8 Å². The Morgan fingerprint density at radius 1 is 1.03 bits per heavy atom. The van der Waals surface area contributed by atoms with Gasteiger partial charge in [0.05, 0.1) is 5.02 Å². The number of nitrogens with one attached hydrogen (secondary N) is 2. The van der Waals surface area contributed by atoms with Crippen LogP contribution in [0.2, 0.25) is 5.02 Å². The molecule has 0 aromatic heterocycles. The number of rotatable bonds is 9. The molecule has 0 heterocycles. The van der Waals surface area contributed by atoms with Gasteiger partial charge in [0.1, 0.15) is 11.6 Å². The van der Waals surface area contributed by atoms with E-state index >= 15 is 0 Å². The summed E-state index contributed by atoms with van der Waals surface area (Å²) in [7, 11) is 0. The minimum absolute atomic E-state index is 0.0652. The van der Waals surface area contributed by atoms with Crippen LogP contribution in [-0.4, -0.2) is 23.6 Å². The van der Waals surface area contributed by atoms with E-state index in [2.05, 4.69) is 5.32 Å².